The van der Waals surface area contributed by atoms with E-state index in [1.165, 1.54) is 78.0 Å². The van der Waals surface area contributed by atoms with Crippen LogP contribution in [0.5, 0.6) is 0 Å². The molecule has 1 aliphatic rings. The molecule has 0 amide bonds. The Kier molecular flexibility index (Phi) is 11.0. The fourth-order valence-corrected chi connectivity index (χ4v) is 4.72. The third-order valence-corrected chi connectivity index (χ3v) is 6.37. The summed E-state index contributed by atoms with van der Waals surface area (Å²) in [5, 5.41) is 2.82. The Labute approximate surface area is 214 Å². The number of rotatable bonds is 3. The van der Waals surface area contributed by atoms with Crippen LogP contribution in [0, 0.1) is 5.92 Å². The molecule has 0 nitrogen and oxygen atoms in total. The van der Waals surface area contributed by atoms with Crippen LogP contribution in [-0.2, 0) is 38.0 Å². The first-order valence-electron chi connectivity index (χ1n) is 10.8. The Hall–Kier alpha value is -0.487. The van der Waals surface area contributed by atoms with Crippen LogP contribution in [0.25, 0.3) is 21.9 Å². The van der Waals surface area contributed by atoms with Gasteiger partial charge < -0.3 is 24.8 Å². The minimum atomic E-state index is 0. The Morgan fingerprint density at radius 3 is 2.10 bits per heavy atom. The average Bonchev–Trinajstić information content (AvgIpc) is 2.88. The van der Waals surface area contributed by atoms with Crippen molar-refractivity contribution in [3.8, 4) is 11.1 Å². The van der Waals surface area contributed by atoms with E-state index in [0.717, 1.165) is 5.92 Å². The van der Waals surface area contributed by atoms with E-state index < -0.39 is 0 Å². The molecule has 1 aliphatic carbocycles. The molecule has 3 heteroatoms. The molecule has 0 aliphatic heterocycles. The van der Waals surface area contributed by atoms with Crippen molar-refractivity contribution in [1.29, 1.82) is 0 Å². The zero-order valence-electron chi connectivity index (χ0n) is 18.5. The van der Waals surface area contributed by atoms with Gasteiger partial charge in [0.15, 0.2) is 0 Å². The molecule has 0 unspecified atom stereocenters. The molecular weight excluding hydrogens is 486 g/mol. The predicted octanol–water partition coefficient (Wildman–Crippen LogP) is 2.04. The van der Waals surface area contributed by atoms with Crippen LogP contribution in [0.3, 0.4) is 0 Å². The predicted molar refractivity (Wildman–Crippen MR) is 119 cm³/mol. The van der Waals surface area contributed by atoms with E-state index in [9.17, 15) is 0 Å². The summed E-state index contributed by atoms with van der Waals surface area (Å²) in [5.41, 5.74) is 5.85. The van der Waals surface area contributed by atoms with Gasteiger partial charge in [-0.25, -0.2) is 0 Å². The van der Waals surface area contributed by atoms with Gasteiger partial charge in [-0.1, -0.05) is 95.2 Å². The molecule has 0 spiro atoms. The largest absolute Gasteiger partial charge is 3.00 e. The number of fused-ring (bicyclic) bond motifs is 1. The van der Waals surface area contributed by atoms with E-state index in [1.54, 1.807) is 0 Å². The molecule has 0 aromatic heterocycles. The van der Waals surface area contributed by atoms with Gasteiger partial charge in [0.05, 0.1) is 0 Å². The van der Waals surface area contributed by atoms with Gasteiger partial charge in [-0.05, 0) is 28.9 Å². The maximum absolute atomic E-state index is 2.47. The monoisotopic (exact) mass is 517 g/mol. The molecular formula is C27H33Cl2Zr. The maximum atomic E-state index is 2.47. The molecule has 1 fully saturated rings. The summed E-state index contributed by atoms with van der Waals surface area (Å²) in [5.74, 6) is 0.888. The van der Waals surface area contributed by atoms with Crippen molar-refractivity contribution in [3.05, 3.63) is 65.7 Å². The third kappa shape index (κ3) is 6.51. The molecule has 0 saturated heterocycles. The fourth-order valence-electron chi connectivity index (χ4n) is 4.72. The van der Waals surface area contributed by atoms with Gasteiger partial charge >= 0.3 is 26.2 Å². The Balaban J connectivity index is 0.00000150. The molecule has 30 heavy (non-hydrogen) atoms. The summed E-state index contributed by atoms with van der Waals surface area (Å²) >= 11 is 0. The van der Waals surface area contributed by atoms with Crippen LogP contribution in [0.2, 0.25) is 0 Å². The fraction of sp³-hybridized carbons (Fsp3) is 0.444. The van der Waals surface area contributed by atoms with E-state index in [2.05, 4.69) is 75.4 Å². The summed E-state index contributed by atoms with van der Waals surface area (Å²) in [4.78, 5) is 0. The van der Waals surface area contributed by atoms with Crippen molar-refractivity contribution in [2.75, 3.05) is 0 Å². The molecule has 0 N–H and O–H groups in total. The topological polar surface area (TPSA) is 0 Å². The van der Waals surface area contributed by atoms with Gasteiger partial charge in [-0.15, -0.1) is 34.5 Å². The molecule has 3 aromatic rings. The van der Waals surface area contributed by atoms with Crippen LogP contribution in [0.15, 0.2) is 54.6 Å². The van der Waals surface area contributed by atoms with Crippen molar-refractivity contribution >= 4 is 10.8 Å². The maximum Gasteiger partial charge on any atom is 3.00 e. The smallest absolute Gasteiger partial charge is 1.00 e. The van der Waals surface area contributed by atoms with Crippen LogP contribution in [0.4, 0.5) is 0 Å². The third-order valence-electron chi connectivity index (χ3n) is 6.37. The summed E-state index contributed by atoms with van der Waals surface area (Å²) in [6.45, 7) is 6.83. The summed E-state index contributed by atoms with van der Waals surface area (Å²) in [7, 11) is 0. The molecule has 3 aromatic carbocycles. The number of hydrogen-bond donors (Lipinski definition) is 0. The summed E-state index contributed by atoms with van der Waals surface area (Å²) in [6, 6.07) is 20.9. The van der Waals surface area contributed by atoms with Gasteiger partial charge in [0, 0.05) is 0 Å². The second kappa shape index (κ2) is 11.9. The van der Waals surface area contributed by atoms with Crippen molar-refractivity contribution in [2.45, 2.75) is 71.1 Å². The SMILES string of the molecule is CC(C)(C)c1ccc(-c2cccc3[cH-]c(CC4CCCCCC4)cc23)cc1.[Cl-].[Cl-].[Zr+3]. The minimum absolute atomic E-state index is 0. The van der Waals surface area contributed by atoms with Gasteiger partial charge in [0.25, 0.3) is 0 Å². The first-order chi connectivity index (χ1) is 13.0. The zero-order chi connectivity index (χ0) is 18.9. The number of benzene rings is 2. The van der Waals surface area contributed by atoms with Crippen molar-refractivity contribution in [3.63, 3.8) is 0 Å². The van der Waals surface area contributed by atoms with Crippen LogP contribution >= 0.6 is 0 Å². The van der Waals surface area contributed by atoms with Crippen LogP contribution < -0.4 is 24.8 Å². The van der Waals surface area contributed by atoms with Gasteiger partial charge in [-0.3, -0.25) is 0 Å². The Bertz CT molecular complexity index is 895. The van der Waals surface area contributed by atoms with Crippen LogP contribution in [-0.4, -0.2) is 0 Å². The Morgan fingerprint density at radius 2 is 1.50 bits per heavy atom. The zero-order valence-corrected chi connectivity index (χ0v) is 22.4. The standard InChI is InChI=1S/C27H33.2ClH.Zr/c1-27(2,3)24-15-13-22(14-16-24)25-12-8-11-23-18-21(19-26(23)25)17-20-9-6-4-5-7-10-20;;;/h8,11-16,18-20H,4-7,9-10,17H2,1-3H3;2*1H;/q-1;;;+3/p-2. The first-order valence-corrected chi connectivity index (χ1v) is 10.8. The molecule has 4 rings (SSSR count). The van der Waals surface area contributed by atoms with E-state index in [1.807, 2.05) is 0 Å². The van der Waals surface area contributed by atoms with Crippen molar-refractivity contribution in [2.24, 2.45) is 5.92 Å². The molecule has 0 heterocycles. The van der Waals surface area contributed by atoms with E-state index in [0.29, 0.717) is 0 Å². The average molecular weight is 520 g/mol. The quantitative estimate of drug-likeness (QED) is 0.367. The Morgan fingerprint density at radius 1 is 0.867 bits per heavy atom. The number of hydrogen-bond acceptors (Lipinski definition) is 0. The van der Waals surface area contributed by atoms with E-state index in [4.69, 9.17) is 0 Å². The van der Waals surface area contributed by atoms with Gasteiger partial charge in [0.2, 0.25) is 0 Å². The van der Waals surface area contributed by atoms with E-state index in [-0.39, 0.29) is 56.4 Å². The summed E-state index contributed by atoms with van der Waals surface area (Å²) < 4.78 is 0. The first kappa shape index (κ1) is 27.5. The molecule has 159 valence electrons. The van der Waals surface area contributed by atoms with E-state index >= 15 is 0 Å². The van der Waals surface area contributed by atoms with Crippen LogP contribution in [0.1, 0.15) is 70.4 Å². The van der Waals surface area contributed by atoms with Crippen molar-refractivity contribution in [1.82, 2.24) is 0 Å². The van der Waals surface area contributed by atoms with Crippen molar-refractivity contribution < 1.29 is 51.0 Å². The molecule has 0 bridgehead atoms. The normalized spacial score (nSPS) is 14.9. The number of halogens is 2. The molecule has 1 radical (unpaired) electrons. The van der Waals surface area contributed by atoms with Gasteiger partial charge in [-0.2, -0.15) is 6.07 Å². The molecule has 1 saturated carbocycles. The summed E-state index contributed by atoms with van der Waals surface area (Å²) in [6.07, 6.45) is 9.83. The second-order valence-electron chi connectivity index (χ2n) is 9.56. The molecule has 0 atom stereocenters. The van der Waals surface area contributed by atoms with Gasteiger partial charge in [0.1, 0.15) is 0 Å². The second-order valence-corrected chi connectivity index (χ2v) is 9.56. The minimum Gasteiger partial charge on any atom is -1.00 e.